The van der Waals surface area contributed by atoms with Crippen molar-refractivity contribution in [3.8, 4) is 5.75 Å². The molecule has 0 bridgehead atoms. The predicted molar refractivity (Wildman–Crippen MR) is 88.8 cm³/mol. The Labute approximate surface area is 134 Å². The number of rotatable bonds is 6. The van der Waals surface area contributed by atoms with Crippen LogP contribution in [-0.4, -0.2) is 23.9 Å². The first-order valence-electron chi connectivity index (χ1n) is 7.11. The molecule has 1 aromatic carbocycles. The van der Waals surface area contributed by atoms with Crippen LogP contribution in [0.15, 0.2) is 28.7 Å². The van der Waals surface area contributed by atoms with Gasteiger partial charge in [-0.25, -0.2) is 0 Å². The minimum absolute atomic E-state index is 0.239. The van der Waals surface area contributed by atoms with Crippen molar-refractivity contribution in [2.75, 3.05) is 14.2 Å². The van der Waals surface area contributed by atoms with Crippen molar-refractivity contribution in [2.24, 2.45) is 7.05 Å². The molecule has 0 saturated carbocycles. The van der Waals surface area contributed by atoms with Gasteiger partial charge in [0, 0.05) is 7.05 Å². The van der Waals surface area contributed by atoms with Crippen LogP contribution < -0.4 is 10.1 Å². The second-order valence-corrected chi connectivity index (χ2v) is 5.91. The van der Waals surface area contributed by atoms with E-state index in [0.29, 0.717) is 0 Å². The van der Waals surface area contributed by atoms with Gasteiger partial charge in [0.25, 0.3) is 0 Å². The average Bonchev–Trinajstić information content (AvgIpc) is 2.86. The first kappa shape index (κ1) is 16.0. The third-order valence-electron chi connectivity index (χ3n) is 3.69. The molecule has 0 spiro atoms. The zero-order valence-corrected chi connectivity index (χ0v) is 14.6. The minimum Gasteiger partial charge on any atom is -0.496 e. The number of benzene rings is 1. The molecule has 1 aromatic heterocycles. The van der Waals surface area contributed by atoms with Gasteiger partial charge in [-0.2, -0.15) is 5.10 Å². The summed E-state index contributed by atoms with van der Waals surface area (Å²) in [6.45, 7) is 2.13. The maximum absolute atomic E-state index is 5.28. The summed E-state index contributed by atoms with van der Waals surface area (Å²) in [5.74, 6) is 0.855. The Morgan fingerprint density at radius 1 is 1.38 bits per heavy atom. The fourth-order valence-corrected chi connectivity index (χ4v) is 3.06. The molecule has 0 amide bonds. The molecule has 0 aliphatic heterocycles. The van der Waals surface area contributed by atoms with Crippen LogP contribution >= 0.6 is 15.9 Å². The molecule has 2 rings (SSSR count). The maximum atomic E-state index is 5.28. The van der Waals surface area contributed by atoms with Crippen molar-refractivity contribution in [3.63, 3.8) is 0 Å². The Hall–Kier alpha value is -1.33. The Balaban J connectivity index is 2.22. The number of hydrogen-bond acceptors (Lipinski definition) is 3. The van der Waals surface area contributed by atoms with Gasteiger partial charge < -0.3 is 10.1 Å². The van der Waals surface area contributed by atoms with Crippen molar-refractivity contribution in [3.05, 3.63) is 45.7 Å². The summed E-state index contributed by atoms with van der Waals surface area (Å²) in [7, 11) is 5.67. The number of nitrogens with zero attached hydrogens (tertiary/aromatic N) is 2. The van der Waals surface area contributed by atoms with Gasteiger partial charge in [0.2, 0.25) is 0 Å². The van der Waals surface area contributed by atoms with Gasteiger partial charge in [0.05, 0.1) is 29.0 Å². The molecule has 0 aliphatic rings. The molecular weight excluding hydrogens is 330 g/mol. The maximum Gasteiger partial charge on any atom is 0.133 e. The summed E-state index contributed by atoms with van der Waals surface area (Å²) in [5.41, 5.74) is 3.59. The summed E-state index contributed by atoms with van der Waals surface area (Å²) in [6, 6.07) is 8.63. The smallest absolute Gasteiger partial charge is 0.133 e. The molecule has 0 radical (unpaired) electrons. The highest BCUT2D eigenvalue weighted by Crippen LogP contribution is 2.28. The number of likely N-dealkylation sites (N-methyl/N-ethyl adjacent to an activating group) is 1. The highest BCUT2D eigenvalue weighted by molar-refractivity contribution is 9.10. The van der Waals surface area contributed by atoms with Crippen molar-refractivity contribution >= 4 is 15.9 Å². The summed E-state index contributed by atoms with van der Waals surface area (Å²) in [5, 5.41) is 7.92. The Kier molecular flexibility index (Phi) is 5.42. The van der Waals surface area contributed by atoms with Crippen LogP contribution in [0.5, 0.6) is 5.75 Å². The highest BCUT2D eigenvalue weighted by atomic mass is 79.9. The van der Waals surface area contributed by atoms with E-state index in [9.17, 15) is 0 Å². The lowest BCUT2D eigenvalue weighted by Gasteiger charge is -2.17. The number of aryl methyl sites for hydroxylation is 2. The zero-order chi connectivity index (χ0) is 15.4. The normalized spacial score (nSPS) is 12.4. The molecule has 1 atom stereocenters. The lowest BCUT2D eigenvalue weighted by Crippen LogP contribution is -2.21. The molecule has 0 aliphatic carbocycles. The number of ether oxygens (including phenoxy) is 1. The molecule has 0 saturated heterocycles. The molecule has 0 fully saturated rings. The second-order valence-electron chi connectivity index (χ2n) is 5.05. The number of methoxy groups -OCH3 is 1. The van der Waals surface area contributed by atoms with Gasteiger partial charge in [0.1, 0.15) is 5.75 Å². The van der Waals surface area contributed by atoms with Gasteiger partial charge in [-0.3, -0.25) is 4.68 Å². The predicted octanol–water partition coefficient (Wildman–Crippen LogP) is 3.26. The summed E-state index contributed by atoms with van der Waals surface area (Å²) < 4.78 is 8.23. The van der Waals surface area contributed by atoms with Crippen LogP contribution in [0, 0.1) is 0 Å². The largest absolute Gasteiger partial charge is 0.496 e. The van der Waals surface area contributed by atoms with Gasteiger partial charge in [-0.05, 0) is 59.6 Å². The number of aromatic nitrogens is 2. The monoisotopic (exact) mass is 351 g/mol. The molecule has 4 nitrogen and oxygen atoms in total. The van der Waals surface area contributed by atoms with E-state index >= 15 is 0 Å². The Bertz CT molecular complexity index is 610. The standard InChI is InChI=1S/C16H22BrN3O/c1-5-12-10-15(20(3)19-12)14(18-2)9-11-6-7-16(21-4)13(17)8-11/h6-8,10,14,18H,5,9H2,1-4H3. The molecule has 1 N–H and O–H groups in total. The van der Waals surface area contributed by atoms with E-state index in [4.69, 9.17) is 4.74 Å². The minimum atomic E-state index is 0.239. The van der Waals surface area contributed by atoms with Crippen LogP contribution in [0.4, 0.5) is 0 Å². The second kappa shape index (κ2) is 7.09. The van der Waals surface area contributed by atoms with Crippen molar-refractivity contribution in [1.29, 1.82) is 0 Å². The topological polar surface area (TPSA) is 39.1 Å². The highest BCUT2D eigenvalue weighted by Gasteiger charge is 2.16. The van der Waals surface area contributed by atoms with Gasteiger partial charge in [-0.1, -0.05) is 13.0 Å². The van der Waals surface area contributed by atoms with Crippen LogP contribution in [0.2, 0.25) is 0 Å². The van der Waals surface area contributed by atoms with E-state index in [1.165, 1.54) is 11.3 Å². The Morgan fingerprint density at radius 3 is 2.67 bits per heavy atom. The van der Waals surface area contributed by atoms with E-state index in [-0.39, 0.29) is 6.04 Å². The van der Waals surface area contributed by atoms with Crippen LogP contribution in [-0.2, 0) is 19.9 Å². The number of nitrogens with one attached hydrogen (secondary N) is 1. The third kappa shape index (κ3) is 3.66. The van der Waals surface area contributed by atoms with Crippen molar-refractivity contribution < 1.29 is 4.74 Å². The first-order valence-corrected chi connectivity index (χ1v) is 7.90. The molecule has 114 valence electrons. The number of halogens is 1. The van der Waals surface area contributed by atoms with Crippen LogP contribution in [0.25, 0.3) is 0 Å². The van der Waals surface area contributed by atoms with E-state index in [2.05, 4.69) is 51.5 Å². The third-order valence-corrected chi connectivity index (χ3v) is 4.31. The fraction of sp³-hybridized carbons (Fsp3) is 0.438. The lowest BCUT2D eigenvalue weighted by molar-refractivity contribution is 0.412. The molecule has 1 heterocycles. The van der Waals surface area contributed by atoms with Gasteiger partial charge in [-0.15, -0.1) is 0 Å². The molecule has 2 aromatic rings. The summed E-state index contributed by atoms with van der Waals surface area (Å²) in [6.07, 6.45) is 1.86. The zero-order valence-electron chi connectivity index (χ0n) is 13.0. The molecular formula is C16H22BrN3O. The summed E-state index contributed by atoms with van der Waals surface area (Å²) >= 11 is 3.54. The van der Waals surface area contributed by atoms with E-state index in [0.717, 1.165) is 28.8 Å². The quantitative estimate of drug-likeness (QED) is 0.867. The average molecular weight is 352 g/mol. The van der Waals surface area contributed by atoms with Crippen LogP contribution in [0.3, 0.4) is 0 Å². The molecule has 21 heavy (non-hydrogen) atoms. The van der Waals surface area contributed by atoms with Crippen LogP contribution in [0.1, 0.15) is 29.9 Å². The SMILES string of the molecule is CCc1cc(C(Cc2ccc(OC)c(Br)c2)NC)n(C)n1. The molecule has 5 heteroatoms. The Morgan fingerprint density at radius 2 is 2.14 bits per heavy atom. The van der Waals surface area contributed by atoms with E-state index in [1.54, 1.807) is 7.11 Å². The van der Waals surface area contributed by atoms with E-state index in [1.807, 2.05) is 24.8 Å². The lowest BCUT2D eigenvalue weighted by atomic mass is 10.0. The number of hydrogen-bond donors (Lipinski definition) is 1. The van der Waals surface area contributed by atoms with E-state index < -0.39 is 0 Å². The van der Waals surface area contributed by atoms with Gasteiger partial charge in [0.15, 0.2) is 0 Å². The fourth-order valence-electron chi connectivity index (χ4n) is 2.47. The van der Waals surface area contributed by atoms with Crippen molar-refractivity contribution in [2.45, 2.75) is 25.8 Å². The summed E-state index contributed by atoms with van der Waals surface area (Å²) in [4.78, 5) is 0. The van der Waals surface area contributed by atoms with Crippen molar-refractivity contribution in [1.82, 2.24) is 15.1 Å². The molecule has 1 unspecified atom stereocenters. The van der Waals surface area contributed by atoms with Gasteiger partial charge >= 0.3 is 0 Å². The first-order chi connectivity index (χ1) is 10.1.